The van der Waals surface area contributed by atoms with E-state index in [-0.39, 0.29) is 24.5 Å². The zero-order valence-corrected chi connectivity index (χ0v) is 17.0. The number of hydrogen-bond donors (Lipinski definition) is 1. The molecule has 6 heteroatoms. The highest BCUT2D eigenvalue weighted by molar-refractivity contribution is 8.04. The molecule has 0 saturated carbocycles. The first-order valence-corrected chi connectivity index (χ1v) is 10.1. The van der Waals surface area contributed by atoms with Crippen molar-refractivity contribution in [3.05, 3.63) is 64.6 Å². The fraction of sp³-hybridized carbons (Fsp3) is 0.273. The van der Waals surface area contributed by atoms with Gasteiger partial charge in [-0.25, -0.2) is 4.90 Å². The molecule has 0 fully saturated rings. The highest BCUT2D eigenvalue weighted by Gasteiger charge is 2.40. The first-order chi connectivity index (χ1) is 13.4. The lowest BCUT2D eigenvalue weighted by molar-refractivity contribution is -0.119. The molecule has 0 radical (unpaired) electrons. The van der Waals surface area contributed by atoms with Gasteiger partial charge in [0.2, 0.25) is 0 Å². The second kappa shape index (κ2) is 8.63. The zero-order valence-electron chi connectivity index (χ0n) is 16.1. The molecule has 28 heavy (non-hydrogen) atoms. The zero-order chi connectivity index (χ0) is 20.3. The number of aliphatic hydroxyl groups is 1. The van der Waals surface area contributed by atoms with Crippen molar-refractivity contribution >= 4 is 34.8 Å². The number of aryl methyl sites for hydroxylation is 1. The van der Waals surface area contributed by atoms with Crippen molar-refractivity contribution in [2.75, 3.05) is 17.3 Å². The van der Waals surface area contributed by atoms with E-state index in [4.69, 9.17) is 4.74 Å². The molecule has 1 aliphatic heterocycles. The van der Waals surface area contributed by atoms with Crippen LogP contribution in [-0.4, -0.2) is 35.4 Å². The summed E-state index contributed by atoms with van der Waals surface area (Å²) in [5, 5.41) is 9.20. The molecule has 2 amide bonds. The van der Waals surface area contributed by atoms with E-state index in [0.717, 1.165) is 5.56 Å². The normalized spacial score (nSPS) is 14.4. The number of thioether (sulfide) groups is 1. The molecule has 0 spiro atoms. The SMILES string of the molecule is Cc1ccc(N2C(=O)C(SCCO)=C(c3ccc(OC(C)C)cc3)C2=O)cc1. The number of anilines is 1. The van der Waals surface area contributed by atoms with E-state index in [1.807, 2.05) is 32.9 Å². The van der Waals surface area contributed by atoms with Crippen LogP contribution in [0, 0.1) is 6.92 Å². The maximum absolute atomic E-state index is 13.2. The lowest BCUT2D eigenvalue weighted by Gasteiger charge is -2.15. The van der Waals surface area contributed by atoms with Gasteiger partial charge >= 0.3 is 0 Å². The molecule has 1 heterocycles. The minimum atomic E-state index is -0.357. The summed E-state index contributed by atoms with van der Waals surface area (Å²) in [5.74, 6) is 0.335. The van der Waals surface area contributed by atoms with E-state index in [1.54, 1.807) is 36.4 Å². The summed E-state index contributed by atoms with van der Waals surface area (Å²) in [4.78, 5) is 27.8. The smallest absolute Gasteiger partial charge is 0.272 e. The number of carbonyl (C=O) groups is 2. The summed E-state index contributed by atoms with van der Waals surface area (Å²) in [6.07, 6.45) is 0.0486. The Morgan fingerprint density at radius 1 is 1.00 bits per heavy atom. The second-order valence-corrected chi connectivity index (χ2v) is 7.85. The summed E-state index contributed by atoms with van der Waals surface area (Å²) >= 11 is 1.20. The Hall–Kier alpha value is -2.57. The largest absolute Gasteiger partial charge is 0.491 e. The molecule has 0 saturated heterocycles. The van der Waals surface area contributed by atoms with E-state index in [9.17, 15) is 14.7 Å². The van der Waals surface area contributed by atoms with Crippen molar-refractivity contribution < 1.29 is 19.4 Å². The van der Waals surface area contributed by atoms with Crippen LogP contribution in [0.25, 0.3) is 5.57 Å². The van der Waals surface area contributed by atoms with Crippen molar-refractivity contribution in [3.63, 3.8) is 0 Å². The minimum Gasteiger partial charge on any atom is -0.491 e. The Kier molecular flexibility index (Phi) is 6.21. The van der Waals surface area contributed by atoms with Gasteiger partial charge in [-0.15, -0.1) is 11.8 Å². The predicted octanol–water partition coefficient (Wildman–Crippen LogP) is 3.79. The van der Waals surface area contributed by atoms with Gasteiger partial charge in [0, 0.05) is 5.75 Å². The summed E-state index contributed by atoms with van der Waals surface area (Å²) < 4.78 is 5.66. The molecule has 0 aliphatic carbocycles. The molecule has 1 N–H and O–H groups in total. The van der Waals surface area contributed by atoms with Crippen LogP contribution in [0.3, 0.4) is 0 Å². The molecule has 1 aliphatic rings. The van der Waals surface area contributed by atoms with Crippen LogP contribution in [-0.2, 0) is 9.59 Å². The first kappa shape index (κ1) is 20.2. The summed E-state index contributed by atoms with van der Waals surface area (Å²) in [6, 6.07) is 14.4. The Morgan fingerprint density at radius 2 is 1.64 bits per heavy atom. The number of ether oxygens (including phenoxy) is 1. The lowest BCUT2D eigenvalue weighted by Crippen LogP contribution is -2.31. The summed E-state index contributed by atoms with van der Waals surface area (Å²) in [5.41, 5.74) is 2.61. The summed E-state index contributed by atoms with van der Waals surface area (Å²) in [6.45, 7) is 5.76. The first-order valence-electron chi connectivity index (χ1n) is 9.13. The van der Waals surface area contributed by atoms with Crippen LogP contribution in [0.4, 0.5) is 5.69 Å². The maximum Gasteiger partial charge on any atom is 0.272 e. The topological polar surface area (TPSA) is 66.8 Å². The van der Waals surface area contributed by atoms with Gasteiger partial charge in [0.25, 0.3) is 11.8 Å². The molecule has 146 valence electrons. The molecule has 0 unspecified atom stereocenters. The van der Waals surface area contributed by atoms with Gasteiger partial charge in [-0.05, 0) is 50.6 Å². The molecular weight excluding hydrogens is 374 g/mol. The molecule has 5 nitrogen and oxygen atoms in total. The third-order valence-corrected chi connectivity index (χ3v) is 5.24. The standard InChI is InChI=1S/C22H23NO4S/c1-14(2)27-18-10-6-16(7-11-18)19-20(28-13-12-24)22(26)23(21(19)25)17-8-4-15(3)5-9-17/h4-11,14,24H,12-13H2,1-3H3. The van der Waals surface area contributed by atoms with E-state index < -0.39 is 0 Å². The van der Waals surface area contributed by atoms with Crippen molar-refractivity contribution in [2.24, 2.45) is 0 Å². The van der Waals surface area contributed by atoms with Gasteiger partial charge < -0.3 is 9.84 Å². The highest BCUT2D eigenvalue weighted by atomic mass is 32.2. The molecule has 0 aromatic heterocycles. The predicted molar refractivity (Wildman–Crippen MR) is 112 cm³/mol. The quantitative estimate of drug-likeness (QED) is 0.720. The lowest BCUT2D eigenvalue weighted by atomic mass is 10.1. The second-order valence-electron chi connectivity index (χ2n) is 6.75. The highest BCUT2D eigenvalue weighted by Crippen LogP contribution is 2.38. The fourth-order valence-corrected chi connectivity index (χ4v) is 3.81. The Balaban J connectivity index is 1.99. The average Bonchev–Trinajstić information content (AvgIpc) is 2.91. The molecule has 3 rings (SSSR count). The van der Waals surface area contributed by atoms with Gasteiger partial charge in [0.15, 0.2) is 0 Å². The molecule has 0 bridgehead atoms. The van der Waals surface area contributed by atoms with E-state index in [0.29, 0.717) is 33.2 Å². The number of aliphatic hydroxyl groups excluding tert-OH is 1. The van der Waals surface area contributed by atoms with Gasteiger partial charge in [-0.3, -0.25) is 9.59 Å². The number of rotatable bonds is 7. The Morgan fingerprint density at radius 3 is 2.21 bits per heavy atom. The monoisotopic (exact) mass is 397 g/mol. The van der Waals surface area contributed by atoms with Crippen LogP contribution in [0.5, 0.6) is 5.75 Å². The van der Waals surface area contributed by atoms with Gasteiger partial charge in [0.05, 0.1) is 28.9 Å². The summed E-state index contributed by atoms with van der Waals surface area (Å²) in [7, 11) is 0. The van der Waals surface area contributed by atoms with Gasteiger partial charge in [0.1, 0.15) is 5.75 Å². The van der Waals surface area contributed by atoms with Crippen LogP contribution in [0.1, 0.15) is 25.0 Å². The number of nitrogens with zero attached hydrogens (tertiary/aromatic N) is 1. The number of hydrogen-bond acceptors (Lipinski definition) is 5. The minimum absolute atomic E-state index is 0.0486. The van der Waals surface area contributed by atoms with Crippen molar-refractivity contribution in [1.82, 2.24) is 0 Å². The van der Waals surface area contributed by atoms with Crippen LogP contribution in [0.15, 0.2) is 53.4 Å². The van der Waals surface area contributed by atoms with Crippen LogP contribution in [0.2, 0.25) is 0 Å². The van der Waals surface area contributed by atoms with Gasteiger partial charge in [-0.1, -0.05) is 29.8 Å². The number of amides is 2. The molecular formula is C22H23NO4S. The molecule has 0 atom stereocenters. The van der Waals surface area contributed by atoms with E-state index >= 15 is 0 Å². The van der Waals surface area contributed by atoms with Crippen molar-refractivity contribution in [3.8, 4) is 5.75 Å². The van der Waals surface area contributed by atoms with Crippen molar-refractivity contribution in [1.29, 1.82) is 0 Å². The number of carbonyl (C=O) groups excluding carboxylic acids is 2. The number of imide groups is 1. The Bertz CT molecular complexity index is 901. The maximum atomic E-state index is 13.2. The van der Waals surface area contributed by atoms with Crippen LogP contribution < -0.4 is 9.64 Å². The average molecular weight is 397 g/mol. The Labute approximate surface area is 169 Å². The molecule has 2 aromatic carbocycles. The van der Waals surface area contributed by atoms with E-state index in [2.05, 4.69) is 0 Å². The van der Waals surface area contributed by atoms with Crippen molar-refractivity contribution in [2.45, 2.75) is 26.9 Å². The third kappa shape index (κ3) is 4.13. The molecule has 2 aromatic rings. The third-order valence-electron chi connectivity index (χ3n) is 4.19. The van der Waals surface area contributed by atoms with Gasteiger partial charge in [-0.2, -0.15) is 0 Å². The van der Waals surface area contributed by atoms with Crippen LogP contribution >= 0.6 is 11.8 Å². The fourth-order valence-electron chi connectivity index (χ4n) is 2.95. The number of benzene rings is 2. The van der Waals surface area contributed by atoms with E-state index in [1.165, 1.54) is 16.7 Å².